The van der Waals surface area contributed by atoms with E-state index in [1.54, 1.807) is 11.3 Å². The van der Waals surface area contributed by atoms with E-state index in [0.29, 0.717) is 46.2 Å². The van der Waals surface area contributed by atoms with E-state index in [1.165, 1.54) is 4.70 Å². The highest BCUT2D eigenvalue weighted by Crippen LogP contribution is 2.35. The molecule has 0 spiro atoms. The van der Waals surface area contributed by atoms with Crippen LogP contribution in [0.1, 0.15) is 0 Å². The van der Waals surface area contributed by atoms with Crippen molar-refractivity contribution >= 4 is 27.2 Å². The van der Waals surface area contributed by atoms with Crippen LogP contribution in [0.4, 0.5) is 5.69 Å². The number of nitrogens with zero attached hydrogens (tertiary/aromatic N) is 2. The smallest absolute Gasteiger partial charge is 0.142 e. The average molecular weight is 447 g/mol. The lowest BCUT2D eigenvalue weighted by Gasteiger charge is -2.19. The molecular weight excluding hydrogens is 416 g/mol. The number of hydrogen-bond acceptors (Lipinski definition) is 8. The Labute approximate surface area is 187 Å². The van der Waals surface area contributed by atoms with Gasteiger partial charge in [-0.2, -0.15) is 0 Å². The molecule has 0 saturated carbocycles. The predicted molar refractivity (Wildman–Crippen MR) is 124 cm³/mol. The second-order valence-corrected chi connectivity index (χ2v) is 8.00. The molecule has 1 N–H and O–H groups in total. The maximum absolute atomic E-state index is 8.61. The zero-order valence-corrected chi connectivity index (χ0v) is 18.9. The molecule has 1 aromatic heterocycles. The largest absolute Gasteiger partial charge is 0.489 e. The van der Waals surface area contributed by atoms with Crippen LogP contribution in [0.3, 0.4) is 0 Å². The van der Waals surface area contributed by atoms with Crippen molar-refractivity contribution in [2.75, 3.05) is 71.9 Å². The fraction of sp³-hybridized carbons (Fsp3) is 0.435. The molecule has 0 radical (unpaired) electrons. The Morgan fingerprint density at radius 2 is 1.55 bits per heavy atom. The molecule has 8 heteroatoms. The number of hydrogen-bond donors (Lipinski definition) is 1. The van der Waals surface area contributed by atoms with Gasteiger partial charge in [-0.15, -0.1) is 11.3 Å². The van der Waals surface area contributed by atoms with Gasteiger partial charge >= 0.3 is 0 Å². The number of thiazole rings is 1. The second kappa shape index (κ2) is 12.6. The van der Waals surface area contributed by atoms with E-state index in [9.17, 15) is 0 Å². The molecule has 0 fully saturated rings. The third kappa shape index (κ3) is 7.15. The Bertz CT molecular complexity index is 898. The lowest BCUT2D eigenvalue weighted by atomic mass is 10.2. The van der Waals surface area contributed by atoms with Crippen LogP contribution in [0, 0.1) is 0 Å². The molecule has 0 aliphatic carbocycles. The van der Waals surface area contributed by atoms with Gasteiger partial charge in [-0.3, -0.25) is 0 Å². The summed E-state index contributed by atoms with van der Waals surface area (Å²) in [5, 5.41) is 9.61. The number of aliphatic hydroxyl groups excluding tert-OH is 1. The van der Waals surface area contributed by atoms with Gasteiger partial charge in [-0.05, 0) is 30.3 Å². The van der Waals surface area contributed by atoms with Crippen molar-refractivity contribution in [2.24, 2.45) is 0 Å². The molecule has 3 aromatic rings. The van der Waals surface area contributed by atoms with E-state index in [-0.39, 0.29) is 6.61 Å². The fourth-order valence-electron chi connectivity index (χ4n) is 2.93. The van der Waals surface area contributed by atoms with Crippen molar-refractivity contribution in [1.29, 1.82) is 0 Å². The van der Waals surface area contributed by atoms with Crippen LogP contribution in [0.2, 0.25) is 0 Å². The molecule has 0 bridgehead atoms. The number of ether oxygens (including phenoxy) is 4. The summed E-state index contributed by atoms with van der Waals surface area (Å²) >= 11 is 1.69. The summed E-state index contributed by atoms with van der Waals surface area (Å²) in [6.45, 7) is 3.29. The summed E-state index contributed by atoms with van der Waals surface area (Å²) < 4.78 is 23.2. The predicted octanol–water partition coefficient (Wildman–Crippen LogP) is 3.45. The fourth-order valence-corrected chi connectivity index (χ4v) is 3.90. The number of aromatic nitrogens is 1. The van der Waals surface area contributed by atoms with Crippen LogP contribution < -0.4 is 9.64 Å². The van der Waals surface area contributed by atoms with Gasteiger partial charge in [0.05, 0.1) is 62.2 Å². The quantitative estimate of drug-likeness (QED) is 0.380. The number of para-hydroxylation sites is 1. The molecule has 0 unspecified atom stereocenters. The van der Waals surface area contributed by atoms with Gasteiger partial charge < -0.3 is 29.0 Å². The third-order valence-electron chi connectivity index (χ3n) is 4.45. The van der Waals surface area contributed by atoms with Crippen LogP contribution in [-0.4, -0.2) is 77.0 Å². The summed E-state index contributed by atoms with van der Waals surface area (Å²) in [6, 6.07) is 14.3. The highest BCUT2D eigenvalue weighted by Gasteiger charge is 2.12. The standard InChI is InChI=1S/C23H30N2O5S/c1-25(2)20-17-18(23-24-19-5-3-4-6-22(19)31-23)7-8-21(20)30-16-15-29-14-13-28-12-11-27-10-9-26/h3-8,17,26H,9-16H2,1-2H3. The van der Waals surface area contributed by atoms with Crippen LogP contribution in [0.15, 0.2) is 42.5 Å². The van der Waals surface area contributed by atoms with Crippen LogP contribution in [0.25, 0.3) is 20.8 Å². The number of rotatable bonds is 14. The monoisotopic (exact) mass is 446 g/mol. The van der Waals surface area contributed by atoms with Crippen LogP contribution >= 0.6 is 11.3 Å². The minimum atomic E-state index is 0.0311. The number of aliphatic hydroxyl groups is 1. The molecular formula is C23H30N2O5S. The van der Waals surface area contributed by atoms with Crippen molar-refractivity contribution in [2.45, 2.75) is 0 Å². The molecule has 1 heterocycles. The van der Waals surface area contributed by atoms with E-state index >= 15 is 0 Å². The van der Waals surface area contributed by atoms with Crippen molar-refractivity contribution < 1.29 is 24.1 Å². The number of anilines is 1. The summed E-state index contributed by atoms with van der Waals surface area (Å²) in [5.41, 5.74) is 3.10. The molecule has 3 rings (SSSR count). The SMILES string of the molecule is CN(C)c1cc(-c2nc3ccccc3s2)ccc1OCCOCCOCCOCCO. The lowest BCUT2D eigenvalue weighted by Crippen LogP contribution is -2.15. The van der Waals surface area contributed by atoms with Gasteiger partial charge in [-0.25, -0.2) is 4.98 Å². The molecule has 0 atom stereocenters. The minimum Gasteiger partial charge on any atom is -0.489 e. The van der Waals surface area contributed by atoms with Gasteiger partial charge in [0.15, 0.2) is 0 Å². The Morgan fingerprint density at radius 1 is 0.871 bits per heavy atom. The first-order chi connectivity index (χ1) is 15.2. The molecule has 168 valence electrons. The highest BCUT2D eigenvalue weighted by atomic mass is 32.1. The Hall–Kier alpha value is -2.23. The molecule has 31 heavy (non-hydrogen) atoms. The van der Waals surface area contributed by atoms with Gasteiger partial charge in [0, 0.05) is 19.7 Å². The van der Waals surface area contributed by atoms with E-state index in [0.717, 1.165) is 27.5 Å². The van der Waals surface area contributed by atoms with Gasteiger partial charge in [0.1, 0.15) is 17.4 Å². The molecule has 0 aliphatic heterocycles. The maximum atomic E-state index is 8.61. The molecule has 0 amide bonds. The van der Waals surface area contributed by atoms with Crippen LogP contribution in [0.5, 0.6) is 5.75 Å². The van der Waals surface area contributed by atoms with E-state index in [4.69, 9.17) is 29.0 Å². The minimum absolute atomic E-state index is 0.0311. The second-order valence-electron chi connectivity index (χ2n) is 6.97. The Balaban J connectivity index is 1.46. The molecule has 0 aliphatic rings. The summed E-state index contributed by atoms with van der Waals surface area (Å²) in [4.78, 5) is 6.79. The first-order valence-corrected chi connectivity index (χ1v) is 11.1. The summed E-state index contributed by atoms with van der Waals surface area (Å²) in [5.74, 6) is 0.816. The van der Waals surface area contributed by atoms with Crippen LogP contribution in [-0.2, 0) is 14.2 Å². The van der Waals surface area contributed by atoms with E-state index < -0.39 is 0 Å². The Morgan fingerprint density at radius 3 is 2.23 bits per heavy atom. The summed E-state index contributed by atoms with van der Waals surface area (Å²) in [7, 11) is 4.00. The van der Waals surface area contributed by atoms with Crippen molar-refractivity contribution in [3.8, 4) is 16.3 Å². The van der Waals surface area contributed by atoms with Gasteiger partial charge in [-0.1, -0.05) is 12.1 Å². The number of fused-ring (bicyclic) bond motifs is 1. The van der Waals surface area contributed by atoms with Crippen molar-refractivity contribution in [1.82, 2.24) is 4.98 Å². The normalized spacial score (nSPS) is 11.2. The zero-order chi connectivity index (χ0) is 21.9. The molecule has 2 aromatic carbocycles. The lowest BCUT2D eigenvalue weighted by molar-refractivity contribution is 0.00363. The first kappa shape index (κ1) is 23.4. The number of benzene rings is 2. The van der Waals surface area contributed by atoms with Gasteiger partial charge in [0.25, 0.3) is 0 Å². The molecule has 0 saturated heterocycles. The van der Waals surface area contributed by atoms with Gasteiger partial charge in [0.2, 0.25) is 0 Å². The first-order valence-electron chi connectivity index (χ1n) is 10.3. The summed E-state index contributed by atoms with van der Waals surface area (Å²) in [6.07, 6.45) is 0. The topological polar surface area (TPSA) is 73.3 Å². The Kier molecular flexibility index (Phi) is 9.51. The van der Waals surface area contributed by atoms with E-state index in [2.05, 4.69) is 12.1 Å². The van der Waals surface area contributed by atoms with Crippen molar-refractivity contribution in [3.05, 3.63) is 42.5 Å². The average Bonchev–Trinajstić information content (AvgIpc) is 3.22. The third-order valence-corrected chi connectivity index (χ3v) is 5.53. The van der Waals surface area contributed by atoms with Crippen molar-refractivity contribution in [3.63, 3.8) is 0 Å². The molecule has 7 nitrogen and oxygen atoms in total. The van der Waals surface area contributed by atoms with E-state index in [1.807, 2.05) is 49.3 Å². The highest BCUT2D eigenvalue weighted by molar-refractivity contribution is 7.21. The maximum Gasteiger partial charge on any atom is 0.142 e. The zero-order valence-electron chi connectivity index (χ0n) is 18.1.